The summed E-state index contributed by atoms with van der Waals surface area (Å²) in [7, 11) is 1.38. The standard InChI is InChI=1S/C32H37ClN6O3/c1-19-14-22(8-9-23(19)33)38-18-32(10-7-11-32)27-28(38)34-16-24(36-27)29(40)39-13-12-37(17-31(39,4)5)25-15-20(2)26(21(3)35-25)30(41)42-6/h8-9,14-16H,7,10-13,17-18H2,1-6H3. The summed E-state index contributed by atoms with van der Waals surface area (Å²) >= 11 is 6.30. The van der Waals surface area contributed by atoms with Crippen molar-refractivity contribution in [3.8, 4) is 0 Å². The number of aryl methyl sites for hydroxylation is 3. The average molecular weight is 589 g/mol. The van der Waals surface area contributed by atoms with E-state index >= 15 is 0 Å². The summed E-state index contributed by atoms with van der Waals surface area (Å²) in [6.07, 6.45) is 4.87. The van der Waals surface area contributed by atoms with Gasteiger partial charge < -0.3 is 19.4 Å². The van der Waals surface area contributed by atoms with Gasteiger partial charge in [-0.2, -0.15) is 0 Å². The number of pyridine rings is 1. The van der Waals surface area contributed by atoms with Crippen molar-refractivity contribution in [2.24, 2.45) is 0 Å². The number of carbonyl (C=O) groups is 2. The summed E-state index contributed by atoms with van der Waals surface area (Å²) in [5.74, 6) is 1.14. The van der Waals surface area contributed by atoms with E-state index < -0.39 is 5.54 Å². The van der Waals surface area contributed by atoms with E-state index in [9.17, 15) is 9.59 Å². The molecule has 0 atom stereocenters. The highest BCUT2D eigenvalue weighted by atomic mass is 35.5. The predicted octanol–water partition coefficient (Wildman–Crippen LogP) is 5.55. The molecule has 1 aliphatic carbocycles. The second-order valence-corrected chi connectivity index (χ2v) is 12.9. The summed E-state index contributed by atoms with van der Waals surface area (Å²) in [5, 5.41) is 0.741. The molecule has 0 radical (unpaired) electrons. The summed E-state index contributed by atoms with van der Waals surface area (Å²) in [4.78, 5) is 47.1. The first-order valence-corrected chi connectivity index (χ1v) is 14.9. The maximum Gasteiger partial charge on any atom is 0.339 e. The quantitative estimate of drug-likeness (QED) is 0.366. The van der Waals surface area contributed by atoms with Crippen molar-refractivity contribution in [2.45, 2.75) is 64.8 Å². The molecule has 3 aliphatic rings. The molecule has 220 valence electrons. The van der Waals surface area contributed by atoms with E-state index in [1.165, 1.54) is 7.11 Å². The second kappa shape index (κ2) is 10.2. The fourth-order valence-electron chi connectivity index (χ4n) is 6.75. The zero-order valence-electron chi connectivity index (χ0n) is 25.1. The van der Waals surface area contributed by atoms with Crippen LogP contribution in [0.15, 0.2) is 30.5 Å². The number of carbonyl (C=O) groups excluding carboxylic acids is 2. The Kier molecular flexibility index (Phi) is 6.91. The van der Waals surface area contributed by atoms with E-state index in [-0.39, 0.29) is 17.3 Å². The number of halogens is 1. The van der Waals surface area contributed by atoms with Gasteiger partial charge in [-0.15, -0.1) is 0 Å². The van der Waals surface area contributed by atoms with Gasteiger partial charge in [-0.05, 0) is 82.9 Å². The van der Waals surface area contributed by atoms with Gasteiger partial charge in [0.25, 0.3) is 5.91 Å². The number of benzene rings is 1. The zero-order chi connectivity index (χ0) is 30.0. The van der Waals surface area contributed by atoms with Crippen molar-refractivity contribution < 1.29 is 14.3 Å². The van der Waals surface area contributed by atoms with Gasteiger partial charge in [-0.1, -0.05) is 18.0 Å². The molecule has 0 unspecified atom stereocenters. The Labute approximate surface area is 251 Å². The van der Waals surface area contributed by atoms with E-state index in [2.05, 4.69) is 29.7 Å². The molecular weight excluding hydrogens is 552 g/mol. The second-order valence-electron chi connectivity index (χ2n) is 12.5. The molecule has 1 saturated carbocycles. The molecule has 0 N–H and O–H groups in total. The maximum absolute atomic E-state index is 14.0. The van der Waals surface area contributed by atoms with Crippen molar-refractivity contribution in [2.75, 3.05) is 43.1 Å². The maximum atomic E-state index is 14.0. The van der Waals surface area contributed by atoms with Crippen molar-refractivity contribution in [1.82, 2.24) is 19.9 Å². The number of methoxy groups -OCH3 is 1. The lowest BCUT2D eigenvalue weighted by Gasteiger charge is -2.47. The third kappa shape index (κ3) is 4.58. The minimum Gasteiger partial charge on any atom is -0.465 e. The third-order valence-corrected chi connectivity index (χ3v) is 9.62. The molecule has 6 rings (SSSR count). The van der Waals surface area contributed by atoms with Crippen LogP contribution in [-0.2, 0) is 10.2 Å². The lowest BCUT2D eigenvalue weighted by molar-refractivity contribution is 0.0505. The average Bonchev–Trinajstić information content (AvgIpc) is 3.28. The normalized spacial score (nSPS) is 18.6. The van der Waals surface area contributed by atoms with Crippen molar-refractivity contribution in [1.29, 1.82) is 0 Å². The monoisotopic (exact) mass is 588 g/mol. The molecule has 2 aromatic heterocycles. The van der Waals surface area contributed by atoms with E-state index in [1.54, 1.807) is 6.20 Å². The molecule has 4 heterocycles. The molecule has 1 spiro atoms. The summed E-state index contributed by atoms with van der Waals surface area (Å²) < 4.78 is 4.93. The highest BCUT2D eigenvalue weighted by Gasteiger charge is 2.50. The van der Waals surface area contributed by atoms with Crippen LogP contribution in [0.5, 0.6) is 0 Å². The Morgan fingerprint density at radius 2 is 1.76 bits per heavy atom. The summed E-state index contributed by atoms with van der Waals surface area (Å²) in [5.41, 5.74) is 4.79. The number of aromatic nitrogens is 3. The zero-order valence-corrected chi connectivity index (χ0v) is 25.9. The summed E-state index contributed by atoms with van der Waals surface area (Å²) in [6, 6.07) is 7.97. The topological polar surface area (TPSA) is 91.8 Å². The van der Waals surface area contributed by atoms with Crippen LogP contribution in [0.2, 0.25) is 5.02 Å². The minimum atomic E-state index is -0.485. The molecule has 0 bridgehead atoms. The lowest BCUT2D eigenvalue weighted by atomic mass is 9.68. The summed E-state index contributed by atoms with van der Waals surface area (Å²) in [6.45, 7) is 12.4. The van der Waals surface area contributed by atoms with E-state index in [1.807, 2.05) is 43.9 Å². The lowest BCUT2D eigenvalue weighted by Crippen LogP contribution is -2.61. The Morgan fingerprint density at radius 3 is 2.38 bits per heavy atom. The molecule has 1 aromatic carbocycles. The van der Waals surface area contributed by atoms with Gasteiger partial charge in [-0.3, -0.25) is 4.79 Å². The smallest absolute Gasteiger partial charge is 0.339 e. The molecule has 3 aromatic rings. The van der Waals surface area contributed by atoms with Crippen molar-refractivity contribution in [3.05, 3.63) is 69.3 Å². The number of piperazine rings is 1. The minimum absolute atomic E-state index is 0.0713. The highest BCUT2D eigenvalue weighted by molar-refractivity contribution is 6.31. The molecule has 9 nitrogen and oxygen atoms in total. The van der Waals surface area contributed by atoms with E-state index in [4.69, 9.17) is 31.3 Å². The molecule has 2 aliphatic heterocycles. The number of esters is 1. The van der Waals surface area contributed by atoms with E-state index in [0.717, 1.165) is 65.0 Å². The number of rotatable bonds is 4. The number of hydrogen-bond acceptors (Lipinski definition) is 8. The number of nitrogens with zero attached hydrogens (tertiary/aromatic N) is 6. The Morgan fingerprint density at radius 1 is 1.00 bits per heavy atom. The molecule has 42 heavy (non-hydrogen) atoms. The van der Waals surface area contributed by atoms with Gasteiger partial charge in [-0.25, -0.2) is 19.7 Å². The SMILES string of the molecule is COC(=O)c1c(C)cc(N2CCN(C(=O)c3cnc4c(n3)C3(CCC3)CN4c3ccc(Cl)c(C)c3)C(C)(C)C2)nc1C. The molecule has 1 amide bonds. The van der Waals surface area contributed by atoms with Crippen molar-refractivity contribution >= 4 is 40.8 Å². The van der Waals surface area contributed by atoms with Crippen LogP contribution < -0.4 is 9.80 Å². The van der Waals surface area contributed by atoms with Gasteiger partial charge in [0.2, 0.25) is 0 Å². The van der Waals surface area contributed by atoms with Crippen LogP contribution in [0.4, 0.5) is 17.3 Å². The molecule has 2 fully saturated rings. The van der Waals surface area contributed by atoms with Gasteiger partial charge >= 0.3 is 5.97 Å². The van der Waals surface area contributed by atoms with Crippen LogP contribution in [0.3, 0.4) is 0 Å². The first-order chi connectivity index (χ1) is 19.9. The van der Waals surface area contributed by atoms with Crippen molar-refractivity contribution in [3.63, 3.8) is 0 Å². The van der Waals surface area contributed by atoms with E-state index in [0.29, 0.717) is 36.6 Å². The van der Waals surface area contributed by atoms with Gasteiger partial charge in [0.05, 0.1) is 35.8 Å². The van der Waals surface area contributed by atoms with Gasteiger partial charge in [0.1, 0.15) is 11.5 Å². The van der Waals surface area contributed by atoms with Gasteiger partial charge in [0.15, 0.2) is 5.82 Å². The number of anilines is 3. The molecule has 10 heteroatoms. The number of ether oxygens (including phenoxy) is 1. The first kappa shape index (κ1) is 28.4. The van der Waals surface area contributed by atoms with Crippen LogP contribution in [-0.4, -0.2) is 70.6 Å². The fourth-order valence-corrected chi connectivity index (χ4v) is 6.87. The van der Waals surface area contributed by atoms with Gasteiger partial charge in [0, 0.05) is 42.3 Å². The largest absolute Gasteiger partial charge is 0.465 e. The van der Waals surface area contributed by atoms with Crippen LogP contribution in [0.1, 0.15) is 76.5 Å². The first-order valence-electron chi connectivity index (χ1n) is 14.5. The number of amides is 1. The molecule has 1 saturated heterocycles. The van der Waals surface area contributed by atoms with Crippen LogP contribution in [0, 0.1) is 20.8 Å². The number of fused-ring (bicyclic) bond motifs is 2. The Bertz CT molecular complexity index is 1580. The van der Waals surface area contributed by atoms with Crippen LogP contribution in [0.25, 0.3) is 0 Å². The molecular formula is C32H37ClN6O3. The number of hydrogen-bond donors (Lipinski definition) is 0. The predicted molar refractivity (Wildman–Crippen MR) is 163 cm³/mol. The Balaban J connectivity index is 1.25. The fraction of sp³-hybridized carbons (Fsp3) is 0.469. The Hall–Kier alpha value is -3.72. The third-order valence-electron chi connectivity index (χ3n) is 9.20. The van der Waals surface area contributed by atoms with Crippen LogP contribution >= 0.6 is 11.6 Å². The highest BCUT2D eigenvalue weighted by Crippen LogP contribution is 2.53.